The van der Waals surface area contributed by atoms with E-state index in [9.17, 15) is 9.59 Å². The second-order valence-corrected chi connectivity index (χ2v) is 13.1. The topological polar surface area (TPSA) is 91.6 Å². The summed E-state index contributed by atoms with van der Waals surface area (Å²) in [5.41, 5.74) is 2.50. The first-order chi connectivity index (χ1) is 26.2. The predicted octanol–water partition coefficient (Wildman–Crippen LogP) is 8.17. The molecule has 0 fully saturated rings. The molecule has 1 aromatic heterocycles. The minimum atomic E-state index is -0.489. The monoisotopic (exact) mass is 759 g/mol. The second kappa shape index (κ2) is 15.5. The minimum absolute atomic E-state index is 0.0438. The molecule has 0 N–H and O–H groups in total. The number of halogens is 2. The lowest BCUT2D eigenvalue weighted by Crippen LogP contribution is -2.64. The van der Waals surface area contributed by atoms with Gasteiger partial charge in [0.15, 0.2) is 23.0 Å². The zero-order chi connectivity index (χ0) is 37.9. The standard InChI is InChI=1S/C44H33Cl2O8/c1-49-35-15-13-27(23-41(35)51-3)37-19-25(21-39(53-37)29-9-5-7-11-33(29)45)17-31-43(47)32(44(31)48)18-26-20-38(28-14-16-36(50-2)42(24-28)52-4)54-40(22-26)30-10-6-8-12-34(30)46/h5-25H,1-4H3/q+1. The Morgan fingerprint density at radius 1 is 0.593 bits per heavy atom. The van der Waals surface area contributed by atoms with E-state index in [1.807, 2.05) is 60.7 Å². The van der Waals surface area contributed by atoms with Crippen molar-refractivity contribution in [2.24, 2.45) is 5.92 Å². The molecule has 1 aliphatic heterocycles. The maximum Gasteiger partial charge on any atom is 0.362 e. The van der Waals surface area contributed by atoms with Gasteiger partial charge in [-0.2, -0.15) is 0 Å². The van der Waals surface area contributed by atoms with Crippen LogP contribution < -0.4 is 40.2 Å². The van der Waals surface area contributed by atoms with Gasteiger partial charge in [-0.1, -0.05) is 53.5 Å². The minimum Gasteiger partial charge on any atom is -0.493 e. The zero-order valence-electron chi connectivity index (χ0n) is 29.6. The van der Waals surface area contributed by atoms with E-state index in [1.54, 1.807) is 89.1 Å². The number of hydrogen-bond acceptors (Lipinski definition) is 7. The first-order valence-electron chi connectivity index (χ1n) is 16.8. The highest BCUT2D eigenvalue weighted by atomic mass is 35.5. The molecule has 2 heterocycles. The van der Waals surface area contributed by atoms with E-state index < -0.39 is 5.92 Å². The number of methoxy groups -OCH3 is 4. The summed E-state index contributed by atoms with van der Waals surface area (Å²) in [7, 11) is 6.22. The van der Waals surface area contributed by atoms with Crippen LogP contribution in [0.2, 0.25) is 10.0 Å². The molecule has 1 unspecified atom stereocenters. The first kappa shape index (κ1) is 36.3. The normalized spacial score (nSPS) is 13.7. The maximum absolute atomic E-state index is 13.7. The molecular weight excluding hydrogens is 727 g/mol. The molecule has 0 aliphatic carbocycles. The van der Waals surface area contributed by atoms with Gasteiger partial charge in [0.1, 0.15) is 11.5 Å². The molecule has 5 aromatic carbocycles. The number of ether oxygens (including phenoxy) is 5. The highest BCUT2D eigenvalue weighted by Gasteiger charge is 2.24. The number of allylic oxidation sites excluding steroid dienone is 2. The molecule has 0 radical (unpaired) electrons. The lowest BCUT2D eigenvalue weighted by Gasteiger charge is -2.22. The molecule has 0 saturated carbocycles. The predicted molar refractivity (Wildman–Crippen MR) is 212 cm³/mol. The van der Waals surface area contributed by atoms with Crippen molar-refractivity contribution < 1.29 is 28.1 Å². The summed E-state index contributed by atoms with van der Waals surface area (Å²) in [5.74, 6) is 3.53. The Balaban J connectivity index is 1.33. The Morgan fingerprint density at radius 2 is 1.13 bits per heavy atom. The molecule has 8 nitrogen and oxygen atoms in total. The van der Waals surface area contributed by atoms with Gasteiger partial charge in [0, 0.05) is 23.1 Å². The molecule has 1 aliphatic rings. The highest BCUT2D eigenvalue weighted by molar-refractivity contribution is 6.33. The van der Waals surface area contributed by atoms with Crippen molar-refractivity contribution in [2.45, 2.75) is 0 Å². The van der Waals surface area contributed by atoms with Gasteiger partial charge in [-0.15, -0.1) is 0 Å². The summed E-state index contributed by atoms with van der Waals surface area (Å²) >= 11 is 13.1. The summed E-state index contributed by atoms with van der Waals surface area (Å²) < 4.78 is 34.6. The van der Waals surface area contributed by atoms with Crippen LogP contribution in [-0.4, -0.2) is 28.4 Å². The molecule has 10 heteroatoms. The molecule has 6 aromatic rings. The summed E-state index contributed by atoms with van der Waals surface area (Å²) in [5, 5.41) is 1.08. The van der Waals surface area contributed by atoms with Crippen LogP contribution in [0.15, 0.2) is 123 Å². The van der Waals surface area contributed by atoms with Gasteiger partial charge >= 0.3 is 11.5 Å². The van der Waals surface area contributed by atoms with Gasteiger partial charge in [0.2, 0.25) is 10.9 Å². The molecule has 7 rings (SSSR count). The van der Waals surface area contributed by atoms with Gasteiger partial charge in [-0.3, -0.25) is 9.59 Å². The zero-order valence-corrected chi connectivity index (χ0v) is 31.2. The summed E-state index contributed by atoms with van der Waals surface area (Å²) in [6, 6.07) is 28.9. The van der Waals surface area contributed by atoms with Crippen molar-refractivity contribution in [1.29, 1.82) is 0 Å². The lowest BCUT2D eigenvalue weighted by atomic mass is 9.97. The fourth-order valence-electron chi connectivity index (χ4n) is 6.24. The molecular formula is C44H33Cl2O8+. The third-order valence-electron chi connectivity index (χ3n) is 8.99. The Kier molecular flexibility index (Phi) is 10.4. The van der Waals surface area contributed by atoms with Crippen molar-refractivity contribution in [3.63, 3.8) is 0 Å². The fraction of sp³-hybridized carbons (Fsp3) is 0.114. The van der Waals surface area contributed by atoms with Gasteiger partial charge in [0.05, 0.1) is 72.2 Å². The van der Waals surface area contributed by atoms with Crippen molar-refractivity contribution in [2.75, 3.05) is 28.4 Å². The van der Waals surface area contributed by atoms with Crippen LogP contribution in [0.1, 0.15) is 16.7 Å². The van der Waals surface area contributed by atoms with Crippen LogP contribution in [0, 0.1) is 5.92 Å². The van der Waals surface area contributed by atoms with E-state index in [2.05, 4.69) is 0 Å². The van der Waals surface area contributed by atoms with Crippen molar-refractivity contribution >= 4 is 46.9 Å². The van der Waals surface area contributed by atoms with Crippen LogP contribution in [0.4, 0.5) is 0 Å². The molecule has 270 valence electrons. The summed E-state index contributed by atoms with van der Waals surface area (Å²) in [6.45, 7) is 0. The maximum atomic E-state index is 13.7. The van der Waals surface area contributed by atoms with Gasteiger partial charge < -0.3 is 23.7 Å². The first-order valence-corrected chi connectivity index (χ1v) is 17.5. The smallest absolute Gasteiger partial charge is 0.362 e. The van der Waals surface area contributed by atoms with Crippen molar-refractivity contribution in [1.82, 2.24) is 0 Å². The Morgan fingerprint density at radius 3 is 1.74 bits per heavy atom. The number of hydrogen-bond donors (Lipinski definition) is 0. The summed E-state index contributed by atoms with van der Waals surface area (Å²) in [6.07, 6.45) is 6.88. The number of benzene rings is 4. The highest BCUT2D eigenvalue weighted by Crippen LogP contribution is 2.39. The fourth-order valence-corrected chi connectivity index (χ4v) is 6.69. The average Bonchev–Trinajstić information content (AvgIpc) is 3.21. The molecule has 54 heavy (non-hydrogen) atoms. The van der Waals surface area contributed by atoms with Crippen LogP contribution in [0.5, 0.6) is 23.0 Å². The Labute approximate surface area is 320 Å². The largest absolute Gasteiger partial charge is 0.493 e. The number of rotatable bonds is 10. The second-order valence-electron chi connectivity index (χ2n) is 12.3. The Hall–Kier alpha value is -6.09. The quantitative estimate of drug-likeness (QED) is 0.129. The third-order valence-corrected chi connectivity index (χ3v) is 9.65. The molecule has 1 atom stereocenters. The van der Waals surface area contributed by atoms with Crippen molar-refractivity contribution in [3.05, 3.63) is 167 Å². The van der Waals surface area contributed by atoms with Gasteiger partial charge in [0.25, 0.3) is 0 Å². The van der Waals surface area contributed by atoms with E-state index in [1.165, 1.54) is 0 Å². The van der Waals surface area contributed by atoms with Crippen LogP contribution in [0.25, 0.3) is 46.3 Å². The molecule has 0 bridgehead atoms. The molecule has 0 saturated heterocycles. The van der Waals surface area contributed by atoms with Crippen LogP contribution in [-0.2, 0) is 4.74 Å². The van der Waals surface area contributed by atoms with E-state index in [0.717, 1.165) is 0 Å². The Bertz CT molecular complexity index is 2640. The molecule has 0 amide bonds. The van der Waals surface area contributed by atoms with E-state index in [4.69, 9.17) is 51.3 Å². The summed E-state index contributed by atoms with van der Waals surface area (Å²) in [4.78, 5) is 27.4. The van der Waals surface area contributed by atoms with Gasteiger partial charge in [-0.05, 0) is 78.4 Å². The SMILES string of the molecule is COc1ccc(C2=CC(C=c3c(=O)c(=Cc4cc(-c5ccc(OC)c(OC)c5)[o+]c(-c5ccccc5Cl)c4)c3=O)C=C(c3ccccc3Cl)O2)cc1OC. The van der Waals surface area contributed by atoms with E-state index in [0.29, 0.717) is 83.9 Å². The average molecular weight is 761 g/mol. The van der Waals surface area contributed by atoms with Crippen molar-refractivity contribution in [3.8, 4) is 45.6 Å². The lowest BCUT2D eigenvalue weighted by molar-refractivity contribution is 0.354. The third kappa shape index (κ3) is 7.14. The van der Waals surface area contributed by atoms with E-state index in [-0.39, 0.29) is 21.3 Å². The molecule has 0 spiro atoms. The van der Waals surface area contributed by atoms with Crippen LogP contribution in [0.3, 0.4) is 0 Å². The van der Waals surface area contributed by atoms with Crippen LogP contribution >= 0.6 is 23.2 Å². The van der Waals surface area contributed by atoms with E-state index >= 15 is 0 Å². The van der Waals surface area contributed by atoms with Gasteiger partial charge in [-0.25, -0.2) is 4.42 Å².